The molecule has 2 heteroatoms. The summed E-state index contributed by atoms with van der Waals surface area (Å²) in [6.45, 7) is 0.848. The Bertz CT molecular complexity index is 550. The van der Waals surface area contributed by atoms with Crippen molar-refractivity contribution in [2.24, 2.45) is 0 Å². The number of ether oxygens (including phenoxy) is 1. The lowest BCUT2D eigenvalue weighted by Gasteiger charge is -2.22. The maximum atomic E-state index is 5.68. The molecule has 3 rings (SSSR count). The zero-order valence-electron chi connectivity index (χ0n) is 11.2. The third-order valence-corrected chi connectivity index (χ3v) is 3.69. The third kappa shape index (κ3) is 2.49. The predicted molar refractivity (Wildman–Crippen MR) is 77.6 cm³/mol. The molecule has 0 aliphatic carbocycles. The van der Waals surface area contributed by atoms with Crippen LogP contribution in [0.3, 0.4) is 0 Å². The summed E-state index contributed by atoms with van der Waals surface area (Å²) in [7, 11) is 2.01. The first-order valence-electron chi connectivity index (χ1n) is 6.86. The second-order valence-corrected chi connectivity index (χ2v) is 4.95. The molecule has 2 nitrogen and oxygen atoms in total. The van der Waals surface area contributed by atoms with Crippen molar-refractivity contribution in [1.82, 2.24) is 5.32 Å². The number of nitrogens with one attached hydrogen (secondary N) is 1. The van der Waals surface area contributed by atoms with Gasteiger partial charge >= 0.3 is 0 Å². The van der Waals surface area contributed by atoms with Gasteiger partial charge in [0.05, 0.1) is 12.6 Å². The molecule has 0 radical (unpaired) electrons. The fraction of sp³-hybridized carbons (Fsp3) is 0.294. The van der Waals surface area contributed by atoms with Gasteiger partial charge in [-0.3, -0.25) is 0 Å². The summed E-state index contributed by atoms with van der Waals surface area (Å²) in [5.41, 5.74) is 3.93. The van der Waals surface area contributed by atoms with Crippen LogP contribution in [0.2, 0.25) is 0 Å². The lowest BCUT2D eigenvalue weighted by molar-refractivity contribution is 0.288. The molecule has 0 aromatic heterocycles. The molecule has 1 aliphatic rings. The van der Waals surface area contributed by atoms with Crippen LogP contribution in [-0.4, -0.2) is 13.7 Å². The molecular formula is C17H19NO. The van der Waals surface area contributed by atoms with E-state index in [4.69, 9.17) is 4.74 Å². The normalized spacial score (nSPS) is 15.4. The number of rotatable bonds is 3. The highest BCUT2D eigenvalue weighted by Gasteiger charge is 2.16. The number of fused-ring (bicyclic) bond motifs is 1. The first kappa shape index (κ1) is 12.2. The first-order chi connectivity index (χ1) is 9.38. The molecule has 1 N–H and O–H groups in total. The van der Waals surface area contributed by atoms with Crippen molar-refractivity contribution in [2.45, 2.75) is 18.9 Å². The Labute approximate surface area is 114 Å². The molecule has 0 bridgehead atoms. The summed E-state index contributed by atoms with van der Waals surface area (Å²) < 4.78 is 5.68. The SMILES string of the molecule is CNC(c1ccccc1)c1ccc2c(c1)CCCO2. The van der Waals surface area contributed by atoms with Crippen molar-refractivity contribution < 1.29 is 4.74 Å². The minimum Gasteiger partial charge on any atom is -0.493 e. The van der Waals surface area contributed by atoms with Crippen molar-refractivity contribution in [3.8, 4) is 5.75 Å². The molecule has 1 atom stereocenters. The molecule has 0 amide bonds. The average molecular weight is 253 g/mol. The Morgan fingerprint density at radius 2 is 1.89 bits per heavy atom. The van der Waals surface area contributed by atoms with Gasteiger partial charge in [-0.25, -0.2) is 0 Å². The van der Waals surface area contributed by atoms with E-state index in [1.807, 2.05) is 7.05 Å². The van der Waals surface area contributed by atoms with Gasteiger partial charge in [0.15, 0.2) is 0 Å². The minimum atomic E-state index is 0.244. The summed E-state index contributed by atoms with van der Waals surface area (Å²) in [6.07, 6.45) is 2.24. The third-order valence-electron chi connectivity index (χ3n) is 3.69. The second kappa shape index (κ2) is 5.45. The van der Waals surface area contributed by atoms with Crippen LogP contribution in [-0.2, 0) is 6.42 Å². The second-order valence-electron chi connectivity index (χ2n) is 4.95. The zero-order valence-corrected chi connectivity index (χ0v) is 11.2. The molecule has 1 heterocycles. The molecular weight excluding hydrogens is 234 g/mol. The summed E-state index contributed by atoms with van der Waals surface area (Å²) in [5.74, 6) is 1.05. The largest absolute Gasteiger partial charge is 0.493 e. The van der Waals surface area contributed by atoms with Crippen LogP contribution in [0.4, 0.5) is 0 Å². The summed E-state index contributed by atoms with van der Waals surface area (Å²) >= 11 is 0. The molecule has 0 saturated heterocycles. The van der Waals surface area contributed by atoms with E-state index < -0.39 is 0 Å². The van der Waals surface area contributed by atoms with Gasteiger partial charge < -0.3 is 10.1 Å². The molecule has 98 valence electrons. The highest BCUT2D eigenvalue weighted by molar-refractivity contribution is 5.42. The fourth-order valence-electron chi connectivity index (χ4n) is 2.73. The van der Waals surface area contributed by atoms with Crippen molar-refractivity contribution in [2.75, 3.05) is 13.7 Å². The van der Waals surface area contributed by atoms with Crippen molar-refractivity contribution in [3.63, 3.8) is 0 Å². The van der Waals surface area contributed by atoms with E-state index >= 15 is 0 Å². The highest BCUT2D eigenvalue weighted by Crippen LogP contribution is 2.30. The zero-order chi connectivity index (χ0) is 13.1. The number of hydrogen-bond donors (Lipinski definition) is 1. The van der Waals surface area contributed by atoms with Gasteiger partial charge in [0, 0.05) is 0 Å². The Balaban J connectivity index is 1.96. The monoisotopic (exact) mass is 253 g/mol. The fourth-order valence-corrected chi connectivity index (χ4v) is 2.73. The Morgan fingerprint density at radius 3 is 2.68 bits per heavy atom. The minimum absolute atomic E-state index is 0.244. The summed E-state index contributed by atoms with van der Waals surface area (Å²) in [6, 6.07) is 17.3. The lowest BCUT2D eigenvalue weighted by atomic mass is 9.95. The van der Waals surface area contributed by atoms with Gasteiger partial charge in [-0.2, -0.15) is 0 Å². The van der Waals surface area contributed by atoms with E-state index in [2.05, 4.69) is 53.8 Å². The average Bonchev–Trinajstić information content (AvgIpc) is 2.49. The molecule has 2 aromatic rings. The molecule has 2 aromatic carbocycles. The molecule has 1 aliphatic heterocycles. The molecule has 1 unspecified atom stereocenters. The van der Waals surface area contributed by atoms with Crippen LogP contribution >= 0.6 is 0 Å². The molecule has 0 saturated carbocycles. The number of hydrogen-bond acceptors (Lipinski definition) is 2. The first-order valence-corrected chi connectivity index (χ1v) is 6.86. The number of benzene rings is 2. The summed E-state index contributed by atoms with van der Waals surface area (Å²) in [4.78, 5) is 0. The van der Waals surface area contributed by atoms with Gasteiger partial charge in [-0.05, 0) is 42.6 Å². The van der Waals surface area contributed by atoms with Crippen molar-refractivity contribution in [1.29, 1.82) is 0 Å². The molecule has 0 fully saturated rings. The highest BCUT2D eigenvalue weighted by atomic mass is 16.5. The van der Waals surface area contributed by atoms with Crippen LogP contribution in [0.5, 0.6) is 5.75 Å². The van der Waals surface area contributed by atoms with Gasteiger partial charge in [0.2, 0.25) is 0 Å². The lowest BCUT2D eigenvalue weighted by Crippen LogP contribution is -2.18. The van der Waals surface area contributed by atoms with Crippen molar-refractivity contribution >= 4 is 0 Å². The maximum absolute atomic E-state index is 5.68. The van der Waals surface area contributed by atoms with Gasteiger partial charge in [0.1, 0.15) is 5.75 Å². The van der Waals surface area contributed by atoms with E-state index in [1.54, 1.807) is 0 Å². The van der Waals surface area contributed by atoms with Crippen LogP contribution in [0.1, 0.15) is 29.2 Å². The molecule has 0 spiro atoms. The quantitative estimate of drug-likeness (QED) is 0.906. The predicted octanol–water partition coefficient (Wildman–Crippen LogP) is 3.32. The van der Waals surface area contributed by atoms with Crippen LogP contribution in [0.15, 0.2) is 48.5 Å². The topological polar surface area (TPSA) is 21.3 Å². The Hall–Kier alpha value is -1.80. The van der Waals surface area contributed by atoms with Crippen LogP contribution in [0.25, 0.3) is 0 Å². The van der Waals surface area contributed by atoms with E-state index in [-0.39, 0.29) is 6.04 Å². The number of aryl methyl sites for hydroxylation is 1. The van der Waals surface area contributed by atoms with Crippen LogP contribution < -0.4 is 10.1 Å². The smallest absolute Gasteiger partial charge is 0.122 e. The molecule has 19 heavy (non-hydrogen) atoms. The summed E-state index contributed by atoms with van der Waals surface area (Å²) in [5, 5.41) is 3.40. The maximum Gasteiger partial charge on any atom is 0.122 e. The van der Waals surface area contributed by atoms with E-state index in [0.717, 1.165) is 25.2 Å². The van der Waals surface area contributed by atoms with E-state index in [9.17, 15) is 0 Å². The van der Waals surface area contributed by atoms with Crippen molar-refractivity contribution in [3.05, 3.63) is 65.2 Å². The van der Waals surface area contributed by atoms with E-state index in [0.29, 0.717) is 0 Å². The van der Waals surface area contributed by atoms with Gasteiger partial charge in [-0.1, -0.05) is 42.5 Å². The van der Waals surface area contributed by atoms with Crippen LogP contribution in [0, 0.1) is 0 Å². The van der Waals surface area contributed by atoms with Gasteiger partial charge in [0.25, 0.3) is 0 Å². The van der Waals surface area contributed by atoms with E-state index in [1.165, 1.54) is 16.7 Å². The Kier molecular flexibility index (Phi) is 3.51. The Morgan fingerprint density at radius 1 is 1.05 bits per heavy atom. The standard InChI is InChI=1S/C17H19NO/c1-18-17(13-6-3-2-4-7-13)15-9-10-16-14(12-15)8-5-11-19-16/h2-4,6-7,9-10,12,17-18H,5,8,11H2,1H3. The van der Waals surface area contributed by atoms with Gasteiger partial charge in [-0.15, -0.1) is 0 Å².